The number of alkyl halides is 1. The van der Waals surface area contributed by atoms with Crippen molar-refractivity contribution in [1.29, 1.82) is 0 Å². The molecule has 0 aliphatic heterocycles. The van der Waals surface area contributed by atoms with Crippen LogP contribution in [0.4, 0.5) is 4.39 Å². The minimum absolute atomic E-state index is 0.253. The lowest BCUT2D eigenvalue weighted by Crippen LogP contribution is -2.08. The molecule has 0 spiro atoms. The van der Waals surface area contributed by atoms with Crippen LogP contribution in [0.15, 0.2) is 18.2 Å². The third-order valence-corrected chi connectivity index (χ3v) is 3.75. The molecule has 1 atom stereocenters. The van der Waals surface area contributed by atoms with Gasteiger partial charge in [0.05, 0.1) is 16.9 Å². The summed E-state index contributed by atoms with van der Waals surface area (Å²) in [5, 5.41) is 0. The van der Waals surface area contributed by atoms with Crippen molar-refractivity contribution in [3.05, 3.63) is 29.8 Å². The Morgan fingerprint density at radius 3 is 2.84 bits per heavy atom. The van der Waals surface area contributed by atoms with Crippen molar-refractivity contribution in [2.24, 2.45) is 0 Å². The summed E-state index contributed by atoms with van der Waals surface area (Å²) in [6, 6.07) is 5.10. The first-order valence-electron chi connectivity index (χ1n) is 6.89. The molecule has 1 aromatic heterocycles. The molecule has 1 aromatic carbocycles. The van der Waals surface area contributed by atoms with Gasteiger partial charge in [0.15, 0.2) is 0 Å². The summed E-state index contributed by atoms with van der Waals surface area (Å²) in [5.74, 6) is 0.928. The van der Waals surface area contributed by atoms with E-state index in [4.69, 9.17) is 11.6 Å². The summed E-state index contributed by atoms with van der Waals surface area (Å²) >= 11 is 5.97. The smallest absolute Gasteiger partial charge is 0.125 e. The summed E-state index contributed by atoms with van der Waals surface area (Å²) in [6.45, 7) is 4.38. The first-order chi connectivity index (χ1) is 9.17. The SMILES string of the molecule is CCCCCC(C)n1c(CCl)nc2cc(F)ccc21. The van der Waals surface area contributed by atoms with E-state index in [1.807, 2.05) is 0 Å². The van der Waals surface area contributed by atoms with Crippen molar-refractivity contribution in [2.75, 3.05) is 0 Å². The van der Waals surface area contributed by atoms with Gasteiger partial charge in [0, 0.05) is 12.1 Å². The maximum atomic E-state index is 13.2. The minimum atomic E-state index is -0.253. The van der Waals surface area contributed by atoms with Crippen LogP contribution in [-0.2, 0) is 5.88 Å². The van der Waals surface area contributed by atoms with Crippen LogP contribution in [0, 0.1) is 5.82 Å². The Kier molecular flexibility index (Phi) is 4.81. The summed E-state index contributed by atoms with van der Waals surface area (Å²) in [5.41, 5.74) is 1.67. The topological polar surface area (TPSA) is 17.8 Å². The minimum Gasteiger partial charge on any atom is -0.324 e. The fourth-order valence-corrected chi connectivity index (χ4v) is 2.72. The number of imidazole rings is 1. The van der Waals surface area contributed by atoms with E-state index in [-0.39, 0.29) is 5.82 Å². The largest absolute Gasteiger partial charge is 0.324 e. The standard InChI is InChI=1S/C15H20ClFN2/c1-3-4-5-6-11(2)19-14-8-7-12(17)9-13(14)18-15(19)10-16/h7-9,11H,3-6,10H2,1-2H3. The van der Waals surface area contributed by atoms with Crippen LogP contribution in [0.25, 0.3) is 11.0 Å². The predicted molar refractivity (Wildman–Crippen MR) is 78.1 cm³/mol. The maximum absolute atomic E-state index is 13.2. The molecule has 2 rings (SSSR count). The molecule has 0 radical (unpaired) electrons. The highest BCUT2D eigenvalue weighted by atomic mass is 35.5. The van der Waals surface area contributed by atoms with Crippen molar-refractivity contribution >= 4 is 22.6 Å². The summed E-state index contributed by atoms with van der Waals surface area (Å²) < 4.78 is 15.4. The van der Waals surface area contributed by atoms with Gasteiger partial charge >= 0.3 is 0 Å². The molecule has 0 saturated heterocycles. The summed E-state index contributed by atoms with van der Waals surface area (Å²) in [6.07, 6.45) is 4.74. The number of fused-ring (bicyclic) bond motifs is 1. The van der Waals surface area contributed by atoms with Crippen molar-refractivity contribution in [3.8, 4) is 0 Å². The lowest BCUT2D eigenvalue weighted by Gasteiger charge is -2.16. The van der Waals surface area contributed by atoms with Crippen LogP contribution in [0.2, 0.25) is 0 Å². The van der Waals surface area contributed by atoms with E-state index < -0.39 is 0 Å². The Morgan fingerprint density at radius 2 is 2.16 bits per heavy atom. The van der Waals surface area contributed by atoms with Crippen LogP contribution in [0.3, 0.4) is 0 Å². The summed E-state index contributed by atoms with van der Waals surface area (Å²) in [4.78, 5) is 4.43. The molecule has 0 N–H and O–H groups in total. The molecule has 0 bridgehead atoms. The van der Waals surface area contributed by atoms with Crippen LogP contribution in [-0.4, -0.2) is 9.55 Å². The lowest BCUT2D eigenvalue weighted by molar-refractivity contribution is 0.477. The average molecular weight is 283 g/mol. The van der Waals surface area contributed by atoms with Gasteiger partial charge in [0.25, 0.3) is 0 Å². The number of hydrogen-bond donors (Lipinski definition) is 0. The van der Waals surface area contributed by atoms with Crippen LogP contribution in [0.1, 0.15) is 51.4 Å². The highest BCUT2D eigenvalue weighted by Gasteiger charge is 2.15. The van der Waals surface area contributed by atoms with Crippen molar-refractivity contribution in [2.45, 2.75) is 51.5 Å². The van der Waals surface area contributed by atoms with E-state index in [2.05, 4.69) is 23.4 Å². The number of benzene rings is 1. The Balaban J connectivity index is 2.34. The summed E-state index contributed by atoms with van der Waals surface area (Å²) in [7, 11) is 0. The highest BCUT2D eigenvalue weighted by Crippen LogP contribution is 2.26. The molecule has 1 heterocycles. The van der Waals surface area contributed by atoms with Gasteiger partial charge < -0.3 is 4.57 Å². The zero-order valence-corrected chi connectivity index (χ0v) is 12.3. The fourth-order valence-electron chi connectivity index (χ4n) is 2.53. The molecule has 104 valence electrons. The second-order valence-electron chi connectivity index (χ2n) is 5.01. The van der Waals surface area contributed by atoms with Gasteiger partial charge in [-0.15, -0.1) is 11.6 Å². The molecule has 2 aromatic rings. The Labute approximate surface area is 118 Å². The van der Waals surface area contributed by atoms with Gasteiger partial charge in [-0.3, -0.25) is 0 Å². The number of hydrogen-bond acceptors (Lipinski definition) is 1. The van der Waals surface area contributed by atoms with Gasteiger partial charge in [-0.1, -0.05) is 26.2 Å². The molecule has 0 aliphatic rings. The Bertz CT molecular complexity index is 550. The van der Waals surface area contributed by atoms with Gasteiger partial charge in [0.2, 0.25) is 0 Å². The fraction of sp³-hybridized carbons (Fsp3) is 0.533. The Hall–Kier alpha value is -1.09. The number of halogens is 2. The molecule has 0 amide bonds. The van der Waals surface area contributed by atoms with E-state index in [1.165, 1.54) is 31.4 Å². The van der Waals surface area contributed by atoms with E-state index in [1.54, 1.807) is 6.07 Å². The normalized spacial score (nSPS) is 13.1. The van der Waals surface area contributed by atoms with Gasteiger partial charge in [-0.25, -0.2) is 9.37 Å². The quantitative estimate of drug-likeness (QED) is 0.535. The number of aromatic nitrogens is 2. The lowest BCUT2D eigenvalue weighted by atomic mass is 10.1. The number of unbranched alkanes of at least 4 members (excludes halogenated alkanes) is 2. The van der Waals surface area contributed by atoms with Gasteiger partial charge in [-0.2, -0.15) is 0 Å². The van der Waals surface area contributed by atoms with E-state index in [0.29, 0.717) is 17.4 Å². The van der Waals surface area contributed by atoms with Gasteiger partial charge in [-0.05, 0) is 25.5 Å². The van der Waals surface area contributed by atoms with E-state index in [9.17, 15) is 4.39 Å². The first-order valence-corrected chi connectivity index (χ1v) is 7.43. The molecular weight excluding hydrogens is 263 g/mol. The average Bonchev–Trinajstić information content (AvgIpc) is 2.76. The van der Waals surface area contributed by atoms with Crippen molar-refractivity contribution in [3.63, 3.8) is 0 Å². The zero-order valence-electron chi connectivity index (χ0n) is 11.5. The third-order valence-electron chi connectivity index (χ3n) is 3.51. The zero-order chi connectivity index (χ0) is 13.8. The predicted octanol–water partition coefficient (Wildman–Crippen LogP) is 5.06. The van der Waals surface area contributed by atoms with E-state index in [0.717, 1.165) is 17.8 Å². The molecule has 19 heavy (non-hydrogen) atoms. The first kappa shape index (κ1) is 14.3. The molecule has 2 nitrogen and oxygen atoms in total. The molecule has 4 heteroatoms. The van der Waals surface area contributed by atoms with Crippen molar-refractivity contribution < 1.29 is 4.39 Å². The molecule has 0 aliphatic carbocycles. The second-order valence-corrected chi connectivity index (χ2v) is 5.28. The van der Waals surface area contributed by atoms with Crippen molar-refractivity contribution in [1.82, 2.24) is 9.55 Å². The van der Waals surface area contributed by atoms with Crippen LogP contribution >= 0.6 is 11.6 Å². The number of rotatable bonds is 6. The molecule has 0 fully saturated rings. The third kappa shape index (κ3) is 3.08. The maximum Gasteiger partial charge on any atom is 0.125 e. The second kappa shape index (κ2) is 6.38. The molecule has 1 unspecified atom stereocenters. The molecule has 0 saturated carbocycles. The van der Waals surface area contributed by atoms with Crippen LogP contribution < -0.4 is 0 Å². The highest BCUT2D eigenvalue weighted by molar-refractivity contribution is 6.16. The van der Waals surface area contributed by atoms with E-state index >= 15 is 0 Å². The number of nitrogens with zero attached hydrogens (tertiary/aromatic N) is 2. The molecular formula is C15H20ClFN2. The van der Waals surface area contributed by atoms with Gasteiger partial charge in [0.1, 0.15) is 11.6 Å². The monoisotopic (exact) mass is 282 g/mol. The van der Waals surface area contributed by atoms with Crippen LogP contribution in [0.5, 0.6) is 0 Å². The Morgan fingerprint density at radius 1 is 1.37 bits per heavy atom.